The van der Waals surface area contributed by atoms with Gasteiger partial charge in [-0.1, -0.05) is 35.5 Å². The van der Waals surface area contributed by atoms with E-state index in [4.69, 9.17) is 0 Å². The SMILES string of the molecule is Brc1ccncc1.C.O=c1cccc[nH]1.O=c1ccccn1-c1ccncc1. The molecule has 0 amide bonds. The second-order valence-electron chi connectivity index (χ2n) is 5.01. The Morgan fingerprint density at radius 3 is 1.82 bits per heavy atom. The Morgan fingerprint density at radius 2 is 1.39 bits per heavy atom. The van der Waals surface area contributed by atoms with Crippen molar-refractivity contribution < 1.29 is 0 Å². The summed E-state index contributed by atoms with van der Waals surface area (Å²) < 4.78 is 2.64. The van der Waals surface area contributed by atoms with E-state index < -0.39 is 0 Å². The molecule has 0 unspecified atom stereocenters. The standard InChI is InChI=1S/C10H8N2O.C5H4BrN.C5H5NO.CH4/c13-10-3-1-2-8-12(10)9-4-6-11-7-5-9;6-5-1-3-7-4-2-5;7-5-3-1-2-4-6-5;/h1-8H;1-4H;1-4H,(H,6,7);1H4. The quantitative estimate of drug-likeness (QED) is 0.483. The van der Waals surface area contributed by atoms with E-state index in [9.17, 15) is 9.59 Å². The molecule has 0 aliphatic carbocycles. The summed E-state index contributed by atoms with van der Waals surface area (Å²) >= 11 is 3.27. The van der Waals surface area contributed by atoms with Crippen LogP contribution in [-0.2, 0) is 0 Å². The monoisotopic (exact) mass is 440 g/mol. The number of aromatic amines is 1. The zero-order valence-corrected chi connectivity index (χ0v) is 15.9. The third-order valence-corrected chi connectivity index (χ3v) is 3.61. The second-order valence-corrected chi connectivity index (χ2v) is 5.92. The molecule has 144 valence electrons. The van der Waals surface area contributed by atoms with Gasteiger partial charge in [-0.05, 0) is 36.4 Å². The smallest absolute Gasteiger partial charge is 0.255 e. The molecular weight excluding hydrogens is 420 g/mol. The van der Waals surface area contributed by atoms with E-state index in [1.807, 2.05) is 18.2 Å². The van der Waals surface area contributed by atoms with Crippen LogP contribution in [0.1, 0.15) is 7.43 Å². The lowest BCUT2D eigenvalue weighted by atomic mass is 10.4. The van der Waals surface area contributed by atoms with Crippen LogP contribution in [0.5, 0.6) is 0 Å². The molecule has 0 aliphatic heterocycles. The van der Waals surface area contributed by atoms with Gasteiger partial charge in [0.2, 0.25) is 5.56 Å². The maximum absolute atomic E-state index is 11.4. The number of nitrogens with one attached hydrogen (secondary N) is 1. The molecule has 0 atom stereocenters. The number of halogens is 1. The second kappa shape index (κ2) is 12.9. The lowest BCUT2D eigenvalue weighted by molar-refractivity contribution is 0.985. The Morgan fingerprint density at radius 1 is 0.786 bits per heavy atom. The Labute approximate surface area is 171 Å². The van der Waals surface area contributed by atoms with E-state index in [0.29, 0.717) is 0 Å². The van der Waals surface area contributed by atoms with Gasteiger partial charge in [0, 0.05) is 53.8 Å². The molecule has 28 heavy (non-hydrogen) atoms. The van der Waals surface area contributed by atoms with Gasteiger partial charge in [0.05, 0.1) is 5.69 Å². The molecule has 4 heterocycles. The van der Waals surface area contributed by atoms with Crippen LogP contribution in [0.2, 0.25) is 0 Å². The highest BCUT2D eigenvalue weighted by Crippen LogP contribution is 2.03. The molecule has 0 aromatic carbocycles. The summed E-state index contributed by atoms with van der Waals surface area (Å²) in [5.41, 5.74) is 0.747. The Bertz CT molecular complexity index is 1020. The largest absolute Gasteiger partial charge is 0.329 e. The minimum Gasteiger partial charge on any atom is -0.329 e. The zero-order valence-electron chi connectivity index (χ0n) is 14.3. The fourth-order valence-corrected chi connectivity index (χ4v) is 2.09. The Kier molecular flexibility index (Phi) is 10.5. The summed E-state index contributed by atoms with van der Waals surface area (Å²) in [5.74, 6) is 0. The highest BCUT2D eigenvalue weighted by atomic mass is 79.9. The number of rotatable bonds is 1. The number of H-pyrrole nitrogens is 1. The first-order chi connectivity index (χ1) is 13.2. The molecule has 0 saturated carbocycles. The van der Waals surface area contributed by atoms with Gasteiger partial charge in [-0.3, -0.25) is 24.1 Å². The van der Waals surface area contributed by atoms with Crippen LogP contribution in [0.4, 0.5) is 0 Å². The highest BCUT2D eigenvalue weighted by molar-refractivity contribution is 9.10. The van der Waals surface area contributed by atoms with Gasteiger partial charge in [-0.15, -0.1) is 0 Å². The molecule has 0 saturated heterocycles. The molecule has 0 fully saturated rings. The molecule has 6 nitrogen and oxygen atoms in total. The maximum atomic E-state index is 11.4. The molecule has 0 spiro atoms. The van der Waals surface area contributed by atoms with Crippen molar-refractivity contribution in [3.05, 3.63) is 123 Å². The van der Waals surface area contributed by atoms with E-state index in [-0.39, 0.29) is 18.5 Å². The van der Waals surface area contributed by atoms with Crippen molar-refractivity contribution >= 4 is 15.9 Å². The van der Waals surface area contributed by atoms with Gasteiger partial charge < -0.3 is 4.98 Å². The summed E-state index contributed by atoms with van der Waals surface area (Å²) in [5, 5.41) is 0. The summed E-state index contributed by atoms with van der Waals surface area (Å²) in [6, 6.07) is 17.4. The van der Waals surface area contributed by atoms with E-state index in [0.717, 1.165) is 10.2 Å². The van der Waals surface area contributed by atoms with Crippen LogP contribution in [0, 0.1) is 0 Å². The van der Waals surface area contributed by atoms with Crippen molar-refractivity contribution in [1.29, 1.82) is 0 Å². The van der Waals surface area contributed by atoms with Crippen LogP contribution < -0.4 is 11.1 Å². The first-order valence-corrected chi connectivity index (χ1v) is 8.73. The van der Waals surface area contributed by atoms with Gasteiger partial charge >= 0.3 is 0 Å². The third-order valence-electron chi connectivity index (χ3n) is 3.08. The van der Waals surface area contributed by atoms with Crippen molar-refractivity contribution in [2.24, 2.45) is 0 Å². The van der Waals surface area contributed by atoms with Crippen LogP contribution >= 0.6 is 15.9 Å². The molecule has 1 N–H and O–H groups in total. The zero-order chi connectivity index (χ0) is 19.3. The van der Waals surface area contributed by atoms with E-state index in [1.54, 1.807) is 72.1 Å². The van der Waals surface area contributed by atoms with Gasteiger partial charge in [0.1, 0.15) is 0 Å². The normalized spacial score (nSPS) is 8.89. The van der Waals surface area contributed by atoms with Gasteiger partial charge in [-0.2, -0.15) is 0 Å². The molecular formula is C21H21BrN4O2. The average Bonchev–Trinajstić information content (AvgIpc) is 2.71. The van der Waals surface area contributed by atoms with E-state index >= 15 is 0 Å². The van der Waals surface area contributed by atoms with Crippen molar-refractivity contribution in [2.45, 2.75) is 7.43 Å². The minimum absolute atomic E-state index is 0. The summed E-state index contributed by atoms with van der Waals surface area (Å²) in [4.78, 5) is 31.8. The molecule has 0 radical (unpaired) electrons. The fourth-order valence-electron chi connectivity index (χ4n) is 1.86. The van der Waals surface area contributed by atoms with E-state index in [2.05, 4.69) is 30.9 Å². The van der Waals surface area contributed by atoms with Crippen molar-refractivity contribution in [2.75, 3.05) is 0 Å². The summed E-state index contributed by atoms with van der Waals surface area (Å²) in [6.07, 6.45) is 10.1. The minimum atomic E-state index is -0.0532. The maximum Gasteiger partial charge on any atom is 0.255 e. The first-order valence-electron chi connectivity index (χ1n) is 7.94. The lowest BCUT2D eigenvalue weighted by Gasteiger charge is -2.02. The average molecular weight is 441 g/mol. The molecule has 0 bridgehead atoms. The number of hydrogen-bond acceptors (Lipinski definition) is 4. The molecule has 4 rings (SSSR count). The summed E-state index contributed by atoms with van der Waals surface area (Å²) in [6.45, 7) is 0. The van der Waals surface area contributed by atoms with Gasteiger partial charge in [0.15, 0.2) is 0 Å². The Balaban J connectivity index is 0.000000224. The van der Waals surface area contributed by atoms with Crippen molar-refractivity contribution in [3.8, 4) is 5.69 Å². The predicted molar refractivity (Wildman–Crippen MR) is 116 cm³/mol. The van der Waals surface area contributed by atoms with Crippen LogP contribution in [-0.4, -0.2) is 19.5 Å². The number of pyridine rings is 4. The van der Waals surface area contributed by atoms with Crippen LogP contribution in [0.15, 0.2) is 112 Å². The molecule has 0 aliphatic rings. The molecule has 4 aromatic heterocycles. The topological polar surface area (TPSA) is 80.6 Å². The van der Waals surface area contributed by atoms with Crippen molar-refractivity contribution in [1.82, 2.24) is 19.5 Å². The third kappa shape index (κ3) is 8.37. The first kappa shape index (κ1) is 22.7. The highest BCUT2D eigenvalue weighted by Gasteiger charge is 1.94. The number of nitrogens with zero attached hydrogens (tertiary/aromatic N) is 3. The van der Waals surface area contributed by atoms with Crippen molar-refractivity contribution in [3.63, 3.8) is 0 Å². The van der Waals surface area contributed by atoms with Crippen LogP contribution in [0.3, 0.4) is 0 Å². The fraction of sp³-hybridized carbons (Fsp3) is 0.0476. The van der Waals surface area contributed by atoms with Gasteiger partial charge in [0.25, 0.3) is 5.56 Å². The molecule has 7 heteroatoms. The molecule has 4 aromatic rings. The van der Waals surface area contributed by atoms with E-state index in [1.165, 1.54) is 12.1 Å². The number of aromatic nitrogens is 4. The summed E-state index contributed by atoms with van der Waals surface area (Å²) in [7, 11) is 0. The van der Waals surface area contributed by atoms with Gasteiger partial charge in [-0.25, -0.2) is 0 Å². The van der Waals surface area contributed by atoms with Crippen LogP contribution in [0.25, 0.3) is 5.69 Å². The lowest BCUT2D eigenvalue weighted by Crippen LogP contribution is -2.15. The predicted octanol–water partition coefficient (Wildman–Crippen LogP) is 4.09. The Hall–Kier alpha value is -3.32. The number of hydrogen-bond donors (Lipinski definition) is 1.